The predicted molar refractivity (Wildman–Crippen MR) is 41.5 cm³/mol. The van der Waals surface area contributed by atoms with E-state index in [1.165, 1.54) is 0 Å². The number of nitrogens with zero attached hydrogens (tertiary/aromatic N) is 1. The van der Waals surface area contributed by atoms with E-state index in [4.69, 9.17) is 5.26 Å². The van der Waals surface area contributed by atoms with Gasteiger partial charge in [-0.2, -0.15) is 13.7 Å². The Bertz CT molecular complexity index is 300. The number of halogens is 1. The van der Waals surface area contributed by atoms with Crippen LogP contribution in [0.25, 0.3) is 0 Å². The summed E-state index contributed by atoms with van der Waals surface area (Å²) in [4.78, 5) is 0. The van der Waals surface area contributed by atoms with Gasteiger partial charge in [0.25, 0.3) is 0 Å². The summed E-state index contributed by atoms with van der Waals surface area (Å²) in [5, 5.41) is 8.19. The minimum Gasteiger partial charge on any atom is -0.198 e. The first kappa shape index (κ1) is 9.46. The molecule has 0 unspecified atom stereocenters. The van der Waals surface area contributed by atoms with Crippen LogP contribution in [-0.4, -0.2) is 13.2 Å². The first-order valence-electron chi connectivity index (χ1n) is 3.83. The van der Waals surface area contributed by atoms with Gasteiger partial charge in [-0.15, -0.1) is 3.89 Å². The second-order valence-corrected chi connectivity index (χ2v) is 4.87. The molecule has 0 spiro atoms. The third-order valence-electron chi connectivity index (χ3n) is 2.25. The highest BCUT2D eigenvalue weighted by molar-refractivity contribution is 7.88. The van der Waals surface area contributed by atoms with E-state index in [2.05, 4.69) is 0 Å². The number of unbranched alkanes of at least 4 members (excludes halogenated alkanes) is 1. The summed E-state index contributed by atoms with van der Waals surface area (Å²) in [6, 6.07) is 1.90. The van der Waals surface area contributed by atoms with Crippen LogP contribution in [0, 0.1) is 11.3 Å². The summed E-state index contributed by atoms with van der Waals surface area (Å²) in [5.41, 5.74) is 0. The highest BCUT2D eigenvalue weighted by atomic mass is 32.3. The van der Waals surface area contributed by atoms with Crippen LogP contribution < -0.4 is 0 Å². The van der Waals surface area contributed by atoms with Gasteiger partial charge >= 0.3 is 10.2 Å². The normalized spacial score (nSPS) is 20.0. The standard InChI is InChI=1S/C7H10FNO2S/c8-12(10,11)7(4-5-7)3-1-2-6-9/h1-5H2. The fourth-order valence-electron chi connectivity index (χ4n) is 1.24. The highest BCUT2D eigenvalue weighted by Gasteiger charge is 2.54. The summed E-state index contributed by atoms with van der Waals surface area (Å²) >= 11 is 0. The smallest absolute Gasteiger partial charge is 0.198 e. The van der Waals surface area contributed by atoms with Crippen LogP contribution in [0.2, 0.25) is 0 Å². The van der Waals surface area contributed by atoms with E-state index < -0.39 is 15.0 Å². The van der Waals surface area contributed by atoms with Crippen LogP contribution >= 0.6 is 0 Å². The van der Waals surface area contributed by atoms with Gasteiger partial charge in [0.15, 0.2) is 0 Å². The summed E-state index contributed by atoms with van der Waals surface area (Å²) in [6.45, 7) is 0. The van der Waals surface area contributed by atoms with Crippen molar-refractivity contribution in [3.63, 3.8) is 0 Å². The van der Waals surface area contributed by atoms with Crippen molar-refractivity contribution in [3.05, 3.63) is 0 Å². The molecule has 3 nitrogen and oxygen atoms in total. The molecule has 0 saturated heterocycles. The second kappa shape index (κ2) is 3.02. The molecular formula is C7H10FNO2S. The molecule has 0 radical (unpaired) electrons. The minimum absolute atomic E-state index is 0.291. The van der Waals surface area contributed by atoms with Gasteiger partial charge in [-0.05, 0) is 25.7 Å². The zero-order valence-electron chi connectivity index (χ0n) is 6.59. The molecule has 1 aliphatic carbocycles. The Morgan fingerprint density at radius 3 is 2.42 bits per heavy atom. The fourth-order valence-corrected chi connectivity index (χ4v) is 2.22. The zero-order valence-corrected chi connectivity index (χ0v) is 7.40. The number of nitriles is 1. The predicted octanol–water partition coefficient (Wildman–Crippen LogP) is 1.51. The van der Waals surface area contributed by atoms with Gasteiger partial charge in [-0.3, -0.25) is 0 Å². The Balaban J connectivity index is 2.48. The Hall–Kier alpha value is -0.630. The average Bonchev–Trinajstić information content (AvgIpc) is 2.67. The van der Waals surface area contributed by atoms with Crippen LogP contribution in [0.15, 0.2) is 0 Å². The van der Waals surface area contributed by atoms with Crippen LogP contribution in [0.5, 0.6) is 0 Å². The van der Waals surface area contributed by atoms with Crippen LogP contribution in [0.3, 0.4) is 0 Å². The Morgan fingerprint density at radius 1 is 1.50 bits per heavy atom. The number of rotatable bonds is 4. The van der Waals surface area contributed by atoms with E-state index in [1.807, 2.05) is 6.07 Å². The van der Waals surface area contributed by atoms with Gasteiger partial charge in [-0.1, -0.05) is 0 Å². The molecule has 12 heavy (non-hydrogen) atoms. The SMILES string of the molecule is N#CCCCC1(S(=O)(=O)F)CC1. The van der Waals surface area contributed by atoms with E-state index in [9.17, 15) is 12.3 Å². The van der Waals surface area contributed by atoms with Crippen molar-refractivity contribution >= 4 is 10.2 Å². The molecule has 0 aromatic rings. The maximum atomic E-state index is 12.5. The van der Waals surface area contributed by atoms with Crippen LogP contribution in [-0.2, 0) is 10.2 Å². The van der Waals surface area contributed by atoms with Gasteiger partial charge in [0, 0.05) is 6.42 Å². The van der Waals surface area contributed by atoms with Gasteiger partial charge in [-0.25, -0.2) is 0 Å². The average molecular weight is 191 g/mol. The fraction of sp³-hybridized carbons (Fsp3) is 0.857. The summed E-state index contributed by atoms with van der Waals surface area (Å²) in [6.07, 6.45) is 1.89. The third-order valence-corrected chi connectivity index (χ3v) is 3.89. The molecule has 0 heterocycles. The molecule has 0 aliphatic heterocycles. The van der Waals surface area contributed by atoms with Gasteiger partial charge in [0.05, 0.1) is 6.07 Å². The second-order valence-electron chi connectivity index (χ2n) is 3.13. The minimum atomic E-state index is -4.38. The first-order chi connectivity index (χ1) is 5.52. The maximum absolute atomic E-state index is 12.5. The lowest BCUT2D eigenvalue weighted by molar-refractivity contribution is 0.518. The molecule has 0 amide bonds. The molecule has 0 atom stereocenters. The van der Waals surface area contributed by atoms with Gasteiger partial charge in [0.2, 0.25) is 0 Å². The lowest BCUT2D eigenvalue weighted by atomic mass is 10.2. The van der Waals surface area contributed by atoms with Gasteiger partial charge in [0.1, 0.15) is 4.75 Å². The van der Waals surface area contributed by atoms with Crippen molar-refractivity contribution in [2.24, 2.45) is 0 Å². The molecule has 0 bridgehead atoms. The zero-order chi connectivity index (χ0) is 9.24. The Morgan fingerprint density at radius 2 is 2.08 bits per heavy atom. The van der Waals surface area contributed by atoms with Crippen molar-refractivity contribution < 1.29 is 12.3 Å². The van der Waals surface area contributed by atoms with Crippen molar-refractivity contribution in [2.45, 2.75) is 36.9 Å². The monoisotopic (exact) mass is 191 g/mol. The summed E-state index contributed by atoms with van der Waals surface area (Å²) in [7, 11) is -4.38. The van der Waals surface area contributed by atoms with Crippen molar-refractivity contribution in [3.8, 4) is 6.07 Å². The third kappa shape index (κ3) is 1.75. The number of hydrogen-bond donors (Lipinski definition) is 0. The van der Waals surface area contributed by atoms with Crippen LogP contribution in [0.1, 0.15) is 32.1 Å². The van der Waals surface area contributed by atoms with Crippen molar-refractivity contribution in [2.75, 3.05) is 0 Å². The number of hydrogen-bond acceptors (Lipinski definition) is 3. The molecule has 1 rings (SSSR count). The quantitative estimate of drug-likeness (QED) is 0.500. The van der Waals surface area contributed by atoms with E-state index >= 15 is 0 Å². The lowest BCUT2D eigenvalue weighted by Gasteiger charge is -2.06. The van der Waals surface area contributed by atoms with Gasteiger partial charge < -0.3 is 0 Å². The topological polar surface area (TPSA) is 57.9 Å². The Kier molecular flexibility index (Phi) is 2.38. The summed E-state index contributed by atoms with van der Waals surface area (Å²) < 4.78 is 32.6. The largest absolute Gasteiger partial charge is 0.308 e. The Labute approximate surface area is 71.4 Å². The molecule has 0 N–H and O–H groups in total. The molecule has 1 fully saturated rings. The van der Waals surface area contributed by atoms with E-state index in [0.29, 0.717) is 32.1 Å². The molecular weight excluding hydrogens is 181 g/mol. The highest BCUT2D eigenvalue weighted by Crippen LogP contribution is 2.48. The van der Waals surface area contributed by atoms with Crippen LogP contribution in [0.4, 0.5) is 3.89 Å². The lowest BCUT2D eigenvalue weighted by Crippen LogP contribution is -2.18. The molecule has 68 valence electrons. The molecule has 1 saturated carbocycles. The first-order valence-corrected chi connectivity index (χ1v) is 5.21. The summed E-state index contributed by atoms with van der Waals surface area (Å²) in [5.74, 6) is 0. The molecule has 5 heteroatoms. The molecule has 0 aromatic heterocycles. The molecule has 0 aromatic carbocycles. The maximum Gasteiger partial charge on any atom is 0.308 e. The van der Waals surface area contributed by atoms with E-state index in [0.717, 1.165) is 0 Å². The molecule has 1 aliphatic rings. The van der Waals surface area contributed by atoms with Crippen molar-refractivity contribution in [1.29, 1.82) is 5.26 Å². The van der Waals surface area contributed by atoms with Crippen molar-refractivity contribution in [1.82, 2.24) is 0 Å². The van der Waals surface area contributed by atoms with E-state index in [1.54, 1.807) is 0 Å². The van der Waals surface area contributed by atoms with E-state index in [-0.39, 0.29) is 0 Å².